The number of nitrogens with zero attached hydrogens (tertiary/aromatic N) is 6. The zero-order valence-electron chi connectivity index (χ0n) is 15.4. The van der Waals surface area contributed by atoms with Crippen molar-refractivity contribution in [2.45, 2.75) is 44.4 Å². The fourth-order valence-electron chi connectivity index (χ4n) is 3.74. The molecule has 3 saturated heterocycles. The molecule has 2 aromatic rings. The van der Waals surface area contributed by atoms with Crippen molar-refractivity contribution in [1.82, 2.24) is 24.8 Å². The lowest BCUT2D eigenvalue weighted by Gasteiger charge is -2.56. The van der Waals surface area contributed by atoms with Gasteiger partial charge in [-0.05, 0) is 33.4 Å². The molecule has 0 spiro atoms. The number of hydrogen-bond donors (Lipinski definition) is 0. The number of anilines is 1. The Morgan fingerprint density at radius 2 is 1.85 bits per heavy atom. The van der Waals surface area contributed by atoms with E-state index < -0.39 is 0 Å². The summed E-state index contributed by atoms with van der Waals surface area (Å²) in [6.45, 7) is 7.56. The minimum absolute atomic E-state index is 0.0150. The first-order chi connectivity index (χ1) is 12.5. The van der Waals surface area contributed by atoms with Gasteiger partial charge in [0.1, 0.15) is 11.5 Å². The molecular weight excluding hydrogens is 348 g/mol. The second kappa shape index (κ2) is 6.50. The largest absolute Gasteiger partial charge is 0.352 e. The van der Waals surface area contributed by atoms with E-state index in [4.69, 9.17) is 4.98 Å². The van der Waals surface area contributed by atoms with Gasteiger partial charge in [0.15, 0.2) is 5.16 Å². The van der Waals surface area contributed by atoms with E-state index in [0.717, 1.165) is 47.4 Å². The van der Waals surface area contributed by atoms with Crippen LogP contribution in [-0.2, 0) is 0 Å². The average molecular weight is 370 g/mol. The zero-order valence-corrected chi connectivity index (χ0v) is 16.2. The van der Waals surface area contributed by atoms with Gasteiger partial charge in [-0.25, -0.2) is 15.0 Å². The summed E-state index contributed by atoms with van der Waals surface area (Å²) in [4.78, 5) is 34.7. The maximum absolute atomic E-state index is 12.8. The maximum Gasteiger partial charge on any atom is 0.274 e. The number of carbonyl (C=O) groups is 1. The molecule has 2 unspecified atom stereocenters. The number of aromatic nitrogens is 4. The summed E-state index contributed by atoms with van der Waals surface area (Å²) in [6, 6.07) is 0.411. The van der Waals surface area contributed by atoms with E-state index in [1.54, 1.807) is 24.2 Å². The summed E-state index contributed by atoms with van der Waals surface area (Å²) in [5.41, 5.74) is 3.38. The second-order valence-electron chi connectivity index (χ2n) is 6.95. The molecule has 2 bridgehead atoms. The summed E-state index contributed by atoms with van der Waals surface area (Å²) in [6.07, 6.45) is 6.25. The van der Waals surface area contributed by atoms with Crippen molar-refractivity contribution in [3.63, 3.8) is 0 Å². The van der Waals surface area contributed by atoms with Crippen molar-refractivity contribution in [3.8, 4) is 0 Å². The number of hydrogen-bond acceptors (Lipinski definition) is 7. The van der Waals surface area contributed by atoms with Crippen molar-refractivity contribution in [2.75, 3.05) is 24.2 Å². The number of rotatable bonds is 3. The summed E-state index contributed by atoms with van der Waals surface area (Å²) in [7, 11) is 0. The van der Waals surface area contributed by atoms with E-state index in [0.29, 0.717) is 5.69 Å². The van der Waals surface area contributed by atoms with Gasteiger partial charge < -0.3 is 9.80 Å². The Bertz CT molecular complexity index is 844. The molecule has 26 heavy (non-hydrogen) atoms. The normalized spacial score (nSPS) is 21.5. The lowest BCUT2D eigenvalue weighted by atomic mass is 9.86. The molecular formula is C18H22N6OS. The van der Waals surface area contributed by atoms with Crippen molar-refractivity contribution >= 4 is 23.5 Å². The summed E-state index contributed by atoms with van der Waals surface area (Å²) in [5.74, 6) is 0.984. The van der Waals surface area contributed by atoms with Gasteiger partial charge in [0.05, 0.1) is 24.0 Å². The Morgan fingerprint density at radius 3 is 2.46 bits per heavy atom. The first-order valence-corrected chi connectivity index (χ1v) is 9.96. The highest BCUT2D eigenvalue weighted by atomic mass is 32.2. The Kier molecular flexibility index (Phi) is 4.30. The molecule has 0 N–H and O–H groups in total. The van der Waals surface area contributed by atoms with Gasteiger partial charge in [-0.1, -0.05) is 11.8 Å². The molecule has 5 heterocycles. The Hall–Kier alpha value is -2.22. The number of aryl methyl sites for hydroxylation is 2. The van der Waals surface area contributed by atoms with E-state index in [2.05, 4.69) is 26.8 Å². The van der Waals surface area contributed by atoms with E-state index in [9.17, 15) is 4.79 Å². The van der Waals surface area contributed by atoms with Gasteiger partial charge in [0, 0.05) is 30.5 Å². The van der Waals surface area contributed by atoms with Crippen LogP contribution in [0, 0.1) is 20.8 Å². The van der Waals surface area contributed by atoms with Gasteiger partial charge >= 0.3 is 0 Å². The van der Waals surface area contributed by atoms with Crippen LogP contribution in [0.4, 0.5) is 5.82 Å². The molecule has 7 nitrogen and oxygen atoms in total. The van der Waals surface area contributed by atoms with E-state index in [1.807, 2.05) is 25.0 Å². The van der Waals surface area contributed by atoms with Gasteiger partial charge in [-0.2, -0.15) is 0 Å². The molecule has 3 aliphatic rings. The van der Waals surface area contributed by atoms with Crippen LogP contribution in [0.15, 0.2) is 17.6 Å². The quantitative estimate of drug-likeness (QED) is 0.604. The molecule has 8 heteroatoms. The fourth-order valence-corrected chi connectivity index (χ4v) is 4.14. The molecule has 136 valence electrons. The second-order valence-corrected chi connectivity index (χ2v) is 7.72. The SMILES string of the molecule is CSc1nc(C)c(C)c(N2CC3CC(C2)N3C(=O)c2cnc(C)cn2)n1. The van der Waals surface area contributed by atoms with Crippen LogP contribution in [0.25, 0.3) is 0 Å². The van der Waals surface area contributed by atoms with Crippen LogP contribution in [0.2, 0.25) is 0 Å². The highest BCUT2D eigenvalue weighted by Gasteiger charge is 2.48. The summed E-state index contributed by atoms with van der Waals surface area (Å²) >= 11 is 1.56. The van der Waals surface area contributed by atoms with Gasteiger partial charge in [0.2, 0.25) is 0 Å². The predicted molar refractivity (Wildman–Crippen MR) is 101 cm³/mol. The van der Waals surface area contributed by atoms with Crippen molar-refractivity contribution in [1.29, 1.82) is 0 Å². The number of amides is 1. The number of thioether (sulfide) groups is 1. The third-order valence-corrected chi connectivity index (χ3v) is 5.80. The molecule has 1 amide bonds. The van der Waals surface area contributed by atoms with Crippen molar-refractivity contribution in [2.24, 2.45) is 0 Å². The zero-order chi connectivity index (χ0) is 18.4. The summed E-state index contributed by atoms with van der Waals surface area (Å²) in [5, 5.41) is 0.796. The lowest BCUT2D eigenvalue weighted by molar-refractivity contribution is 0.00514. The molecule has 0 aromatic carbocycles. The standard InChI is InChI=1S/C18H22N6OS/c1-10-6-20-15(7-19-10)17(25)24-13-5-14(24)9-23(8-13)16-11(2)12(3)21-18(22-16)26-4/h6-7,13-14H,5,8-9H2,1-4H3. The average Bonchev–Trinajstić information content (AvgIpc) is 2.64. The van der Waals surface area contributed by atoms with Crippen LogP contribution in [-0.4, -0.2) is 62.2 Å². The minimum Gasteiger partial charge on any atom is -0.352 e. The molecule has 3 aliphatic heterocycles. The van der Waals surface area contributed by atoms with Crippen molar-refractivity contribution < 1.29 is 4.79 Å². The molecule has 3 fully saturated rings. The molecule has 0 aliphatic carbocycles. The monoisotopic (exact) mass is 370 g/mol. The number of piperidine rings is 1. The molecule has 2 aromatic heterocycles. The van der Waals surface area contributed by atoms with E-state index >= 15 is 0 Å². The third-order valence-electron chi connectivity index (χ3n) is 5.25. The summed E-state index contributed by atoms with van der Waals surface area (Å²) < 4.78 is 0. The topological polar surface area (TPSA) is 75.1 Å². The van der Waals surface area contributed by atoms with Crippen LogP contribution in [0.1, 0.15) is 33.9 Å². The fraction of sp³-hybridized carbons (Fsp3) is 0.500. The molecule has 0 saturated carbocycles. The van der Waals surface area contributed by atoms with E-state index in [1.165, 1.54) is 0 Å². The van der Waals surface area contributed by atoms with Crippen molar-refractivity contribution in [3.05, 3.63) is 35.0 Å². The van der Waals surface area contributed by atoms with Crippen LogP contribution < -0.4 is 4.90 Å². The van der Waals surface area contributed by atoms with E-state index in [-0.39, 0.29) is 18.0 Å². The molecule has 0 radical (unpaired) electrons. The molecule has 5 rings (SSSR count). The van der Waals surface area contributed by atoms with Crippen LogP contribution >= 0.6 is 11.8 Å². The third kappa shape index (κ3) is 2.82. The Morgan fingerprint density at radius 1 is 1.12 bits per heavy atom. The number of carbonyl (C=O) groups excluding carboxylic acids is 1. The molecule has 2 atom stereocenters. The lowest BCUT2D eigenvalue weighted by Crippen LogP contribution is -2.70. The number of fused-ring (bicyclic) bond motifs is 2. The smallest absolute Gasteiger partial charge is 0.274 e. The Labute approximate surface area is 157 Å². The van der Waals surface area contributed by atoms with Gasteiger partial charge in [-0.15, -0.1) is 0 Å². The first-order valence-electron chi connectivity index (χ1n) is 8.73. The maximum atomic E-state index is 12.8. The minimum atomic E-state index is -0.0150. The highest BCUT2D eigenvalue weighted by molar-refractivity contribution is 7.98. The Balaban J connectivity index is 1.53. The number of piperazine rings is 1. The highest BCUT2D eigenvalue weighted by Crippen LogP contribution is 2.36. The predicted octanol–water partition coefficient (Wildman–Crippen LogP) is 2.02. The van der Waals surface area contributed by atoms with Crippen LogP contribution in [0.3, 0.4) is 0 Å². The van der Waals surface area contributed by atoms with Crippen LogP contribution in [0.5, 0.6) is 0 Å². The van der Waals surface area contributed by atoms with Gasteiger partial charge in [-0.3, -0.25) is 9.78 Å². The first kappa shape index (κ1) is 17.2. The van der Waals surface area contributed by atoms with Gasteiger partial charge in [0.25, 0.3) is 5.91 Å².